The van der Waals surface area contributed by atoms with Crippen LogP contribution in [0.1, 0.15) is 23.8 Å². The molecular formula is C23H27ClN4O2. The number of halogens is 1. The lowest BCUT2D eigenvalue weighted by Crippen LogP contribution is -2.48. The van der Waals surface area contributed by atoms with Gasteiger partial charge in [0.05, 0.1) is 18.5 Å². The first kappa shape index (κ1) is 21.9. The summed E-state index contributed by atoms with van der Waals surface area (Å²) in [5, 5.41) is 11.2. The molecule has 2 heterocycles. The molecule has 0 aliphatic carbocycles. The van der Waals surface area contributed by atoms with E-state index in [9.17, 15) is 4.79 Å². The quantitative estimate of drug-likeness (QED) is 0.652. The van der Waals surface area contributed by atoms with Gasteiger partial charge in [0.2, 0.25) is 0 Å². The minimum atomic E-state index is -0.131. The summed E-state index contributed by atoms with van der Waals surface area (Å²) in [6, 6.07) is 19.7. The molecule has 1 fully saturated rings. The van der Waals surface area contributed by atoms with Gasteiger partial charge in [-0.1, -0.05) is 25.1 Å². The molecule has 1 amide bonds. The van der Waals surface area contributed by atoms with Crippen molar-refractivity contribution in [2.75, 3.05) is 20.2 Å². The van der Waals surface area contributed by atoms with E-state index >= 15 is 0 Å². The normalized spacial score (nSPS) is 18.3. The summed E-state index contributed by atoms with van der Waals surface area (Å²) < 4.78 is 7.09. The van der Waals surface area contributed by atoms with Gasteiger partial charge in [-0.15, -0.1) is 12.4 Å². The zero-order valence-electron chi connectivity index (χ0n) is 17.2. The van der Waals surface area contributed by atoms with Crippen molar-refractivity contribution >= 4 is 18.3 Å². The van der Waals surface area contributed by atoms with E-state index in [4.69, 9.17) is 4.74 Å². The molecule has 0 saturated carbocycles. The molecule has 0 bridgehead atoms. The fraction of sp³-hybridized carbons (Fsp3) is 0.304. The van der Waals surface area contributed by atoms with Gasteiger partial charge in [-0.25, -0.2) is 4.68 Å². The number of piperidine rings is 1. The van der Waals surface area contributed by atoms with Gasteiger partial charge in [-0.3, -0.25) is 4.79 Å². The highest BCUT2D eigenvalue weighted by Gasteiger charge is 2.25. The van der Waals surface area contributed by atoms with Crippen LogP contribution < -0.4 is 15.4 Å². The number of benzene rings is 2. The Bertz CT molecular complexity index is 973. The van der Waals surface area contributed by atoms with Crippen molar-refractivity contribution in [2.24, 2.45) is 5.92 Å². The van der Waals surface area contributed by atoms with Crippen LogP contribution >= 0.6 is 12.4 Å². The van der Waals surface area contributed by atoms with Crippen LogP contribution in [0.15, 0.2) is 60.7 Å². The molecule has 2 N–H and O–H groups in total. The number of carbonyl (C=O) groups excluding carboxylic acids is 1. The predicted octanol–water partition coefficient (Wildman–Crippen LogP) is 3.70. The molecule has 7 heteroatoms. The van der Waals surface area contributed by atoms with E-state index in [0.717, 1.165) is 42.2 Å². The first-order chi connectivity index (χ1) is 14.2. The molecule has 0 radical (unpaired) electrons. The lowest BCUT2D eigenvalue weighted by atomic mass is 9.95. The number of aromatic nitrogens is 2. The van der Waals surface area contributed by atoms with Gasteiger partial charge in [0.25, 0.3) is 5.91 Å². The van der Waals surface area contributed by atoms with Crippen LogP contribution in [-0.4, -0.2) is 41.9 Å². The number of hydrogen-bond donors (Lipinski definition) is 2. The van der Waals surface area contributed by atoms with Gasteiger partial charge in [-0.2, -0.15) is 5.10 Å². The number of amides is 1. The molecular weight excluding hydrogens is 400 g/mol. The van der Waals surface area contributed by atoms with E-state index < -0.39 is 0 Å². The molecule has 158 valence electrons. The lowest BCUT2D eigenvalue weighted by molar-refractivity contribution is 0.0908. The van der Waals surface area contributed by atoms with Crippen LogP contribution in [0.5, 0.6) is 5.75 Å². The van der Waals surface area contributed by atoms with Crippen molar-refractivity contribution in [1.82, 2.24) is 20.4 Å². The zero-order valence-corrected chi connectivity index (χ0v) is 18.0. The Balaban J connectivity index is 0.00000256. The third-order valence-electron chi connectivity index (χ3n) is 5.43. The number of hydrogen-bond acceptors (Lipinski definition) is 4. The standard InChI is InChI=1S/C23H26N4O2.ClH/c1-16-15-24-13-12-20(16)25-23(28)21-14-22(17-8-10-19(29-2)11-9-17)27(26-21)18-6-4-3-5-7-18;/h3-11,14,16,20,24H,12-13,15H2,1-2H3,(H,25,28);1H. The summed E-state index contributed by atoms with van der Waals surface area (Å²) in [6.07, 6.45) is 0.928. The molecule has 2 aromatic carbocycles. The predicted molar refractivity (Wildman–Crippen MR) is 121 cm³/mol. The molecule has 4 rings (SSSR count). The fourth-order valence-corrected chi connectivity index (χ4v) is 3.70. The van der Waals surface area contributed by atoms with E-state index in [0.29, 0.717) is 11.6 Å². The monoisotopic (exact) mass is 426 g/mol. The summed E-state index contributed by atoms with van der Waals surface area (Å²) in [6.45, 7) is 3.99. The number of nitrogens with one attached hydrogen (secondary N) is 2. The van der Waals surface area contributed by atoms with E-state index in [-0.39, 0.29) is 24.4 Å². The first-order valence-corrected chi connectivity index (χ1v) is 9.97. The van der Waals surface area contributed by atoms with Gasteiger partial charge in [0, 0.05) is 11.6 Å². The number of carbonyl (C=O) groups is 1. The summed E-state index contributed by atoms with van der Waals surface area (Å²) in [7, 11) is 1.65. The van der Waals surface area contributed by atoms with Crippen molar-refractivity contribution in [3.63, 3.8) is 0 Å². The minimum Gasteiger partial charge on any atom is -0.497 e. The number of nitrogens with zero attached hydrogens (tertiary/aromatic N) is 2. The molecule has 1 aromatic heterocycles. The number of para-hydroxylation sites is 1. The van der Waals surface area contributed by atoms with Crippen LogP contribution in [0.2, 0.25) is 0 Å². The lowest BCUT2D eigenvalue weighted by Gasteiger charge is -2.29. The second-order valence-corrected chi connectivity index (χ2v) is 7.44. The molecule has 2 unspecified atom stereocenters. The highest BCUT2D eigenvalue weighted by Crippen LogP contribution is 2.26. The Hall–Kier alpha value is -2.83. The Labute approximate surface area is 183 Å². The number of methoxy groups -OCH3 is 1. The third-order valence-corrected chi connectivity index (χ3v) is 5.43. The summed E-state index contributed by atoms with van der Waals surface area (Å²) in [5.74, 6) is 1.05. The Morgan fingerprint density at radius 2 is 1.90 bits per heavy atom. The average Bonchev–Trinajstić information content (AvgIpc) is 3.22. The smallest absolute Gasteiger partial charge is 0.272 e. The molecule has 1 aliphatic heterocycles. The second-order valence-electron chi connectivity index (χ2n) is 7.44. The van der Waals surface area contributed by atoms with Crippen LogP contribution in [0.3, 0.4) is 0 Å². The maximum absolute atomic E-state index is 13.0. The second kappa shape index (κ2) is 9.78. The minimum absolute atomic E-state index is 0. The van der Waals surface area contributed by atoms with Gasteiger partial charge in [-0.05, 0) is 67.9 Å². The van der Waals surface area contributed by atoms with Crippen molar-refractivity contribution < 1.29 is 9.53 Å². The fourth-order valence-electron chi connectivity index (χ4n) is 3.70. The maximum atomic E-state index is 13.0. The zero-order chi connectivity index (χ0) is 20.2. The molecule has 6 nitrogen and oxygen atoms in total. The maximum Gasteiger partial charge on any atom is 0.272 e. The number of ether oxygens (including phenoxy) is 1. The summed E-state index contributed by atoms with van der Waals surface area (Å²) in [4.78, 5) is 13.0. The van der Waals surface area contributed by atoms with Gasteiger partial charge >= 0.3 is 0 Å². The van der Waals surface area contributed by atoms with Crippen molar-refractivity contribution in [3.05, 3.63) is 66.4 Å². The van der Waals surface area contributed by atoms with Crippen molar-refractivity contribution in [3.8, 4) is 22.7 Å². The van der Waals surface area contributed by atoms with Crippen molar-refractivity contribution in [1.29, 1.82) is 0 Å². The molecule has 2 atom stereocenters. The van der Waals surface area contributed by atoms with Gasteiger partial charge in [0.1, 0.15) is 5.75 Å². The van der Waals surface area contributed by atoms with Crippen LogP contribution in [0, 0.1) is 5.92 Å². The molecule has 30 heavy (non-hydrogen) atoms. The summed E-state index contributed by atoms with van der Waals surface area (Å²) >= 11 is 0. The van der Waals surface area contributed by atoms with Gasteiger partial charge < -0.3 is 15.4 Å². The highest BCUT2D eigenvalue weighted by molar-refractivity contribution is 5.94. The molecule has 1 saturated heterocycles. The SMILES string of the molecule is COc1ccc(-c2cc(C(=O)NC3CCNCC3C)nn2-c2ccccc2)cc1.Cl. The van der Waals surface area contributed by atoms with E-state index in [1.165, 1.54) is 0 Å². The Morgan fingerprint density at radius 1 is 1.17 bits per heavy atom. The van der Waals surface area contributed by atoms with E-state index in [2.05, 4.69) is 22.7 Å². The van der Waals surface area contributed by atoms with Gasteiger partial charge in [0.15, 0.2) is 5.69 Å². The molecule has 0 spiro atoms. The Kier molecular flexibility index (Phi) is 7.13. The summed E-state index contributed by atoms with van der Waals surface area (Å²) in [5.41, 5.74) is 3.16. The van der Waals surface area contributed by atoms with E-state index in [1.54, 1.807) is 7.11 Å². The average molecular weight is 427 g/mol. The van der Waals surface area contributed by atoms with Crippen LogP contribution in [0.25, 0.3) is 16.9 Å². The topological polar surface area (TPSA) is 68.2 Å². The van der Waals surface area contributed by atoms with Crippen LogP contribution in [-0.2, 0) is 0 Å². The molecule has 3 aromatic rings. The number of rotatable bonds is 5. The molecule has 1 aliphatic rings. The van der Waals surface area contributed by atoms with E-state index in [1.807, 2.05) is 65.3 Å². The first-order valence-electron chi connectivity index (χ1n) is 9.97. The Morgan fingerprint density at radius 3 is 2.57 bits per heavy atom. The largest absolute Gasteiger partial charge is 0.497 e. The van der Waals surface area contributed by atoms with Crippen molar-refractivity contribution in [2.45, 2.75) is 19.4 Å². The third kappa shape index (κ3) is 4.66. The van der Waals surface area contributed by atoms with Crippen LogP contribution in [0.4, 0.5) is 0 Å². The highest BCUT2D eigenvalue weighted by atomic mass is 35.5.